The van der Waals surface area contributed by atoms with Gasteiger partial charge in [0, 0.05) is 18.1 Å². The maximum absolute atomic E-state index is 13.3. The molecule has 1 aromatic carbocycles. The molecule has 1 aliphatic heterocycles. The number of Topliss-reactive ketones (excluding diaryl/α,β-unsaturated/α-hetero) is 1. The maximum atomic E-state index is 13.3. The number of amides is 1. The van der Waals surface area contributed by atoms with Gasteiger partial charge in [0.2, 0.25) is 0 Å². The van der Waals surface area contributed by atoms with Crippen LogP contribution in [-0.4, -0.2) is 48.7 Å². The van der Waals surface area contributed by atoms with Crippen LogP contribution in [0.3, 0.4) is 0 Å². The molecule has 3 atom stereocenters. The van der Waals surface area contributed by atoms with Gasteiger partial charge < -0.3 is 18.9 Å². The van der Waals surface area contributed by atoms with E-state index in [1.54, 1.807) is 44.2 Å². The zero-order valence-corrected chi connectivity index (χ0v) is 19.4. The number of carbonyl (C=O) groups is 2. The number of benzene rings is 1. The van der Waals surface area contributed by atoms with Crippen LogP contribution in [0.1, 0.15) is 66.2 Å². The average molecular weight is 422 g/mol. The minimum atomic E-state index is -0.801. The van der Waals surface area contributed by atoms with Crippen LogP contribution in [0.15, 0.2) is 18.2 Å². The molecule has 0 saturated carbocycles. The number of rotatable bonds is 7. The van der Waals surface area contributed by atoms with E-state index in [1.165, 1.54) is 0 Å². The first-order valence-corrected chi connectivity index (χ1v) is 10.4. The van der Waals surface area contributed by atoms with Crippen molar-refractivity contribution in [3.63, 3.8) is 0 Å². The minimum absolute atomic E-state index is 0.0378. The molecule has 0 aromatic heterocycles. The van der Waals surface area contributed by atoms with E-state index in [1.807, 2.05) is 20.8 Å². The molecule has 1 amide bonds. The van der Waals surface area contributed by atoms with Crippen LogP contribution in [0.4, 0.5) is 4.79 Å². The molecule has 0 spiro atoms. The maximum Gasteiger partial charge on any atom is 0.412 e. The highest BCUT2D eigenvalue weighted by Gasteiger charge is 2.50. The summed E-state index contributed by atoms with van der Waals surface area (Å²) in [4.78, 5) is 27.6. The van der Waals surface area contributed by atoms with Crippen LogP contribution >= 0.6 is 0 Å². The standard InChI is InChI=1S/C23H35NO6/c1-9-18(25)20-17(12-14(2)3)24(22(26)30-23(4,5)6)21(29-20)16-11-10-15(27-7)13-19(16)28-8/h10-11,13-14,17,20-21H,9,12H2,1-8H3/t17-,20+,21?/m0/s1. The van der Waals surface area contributed by atoms with E-state index < -0.39 is 30.1 Å². The normalized spacial score (nSPS) is 21.6. The van der Waals surface area contributed by atoms with Gasteiger partial charge in [0.25, 0.3) is 0 Å². The van der Waals surface area contributed by atoms with Crippen LogP contribution in [0, 0.1) is 5.92 Å². The molecule has 0 N–H and O–H groups in total. The number of ketones is 1. The van der Waals surface area contributed by atoms with Crippen molar-refractivity contribution in [2.45, 2.75) is 78.4 Å². The fourth-order valence-electron chi connectivity index (χ4n) is 3.62. The summed E-state index contributed by atoms with van der Waals surface area (Å²) in [7, 11) is 3.12. The quantitative estimate of drug-likeness (QED) is 0.633. The largest absolute Gasteiger partial charge is 0.497 e. The molecule has 2 rings (SSSR count). The molecule has 0 bridgehead atoms. The first-order valence-electron chi connectivity index (χ1n) is 10.4. The van der Waals surface area contributed by atoms with Gasteiger partial charge in [0.15, 0.2) is 12.0 Å². The Morgan fingerprint density at radius 2 is 1.83 bits per heavy atom. The molecule has 1 fully saturated rings. The van der Waals surface area contributed by atoms with Gasteiger partial charge in [-0.3, -0.25) is 9.69 Å². The number of hydrogen-bond donors (Lipinski definition) is 0. The molecule has 1 saturated heterocycles. The lowest BCUT2D eigenvalue weighted by molar-refractivity contribution is -0.130. The predicted octanol–water partition coefficient (Wildman–Crippen LogP) is 4.73. The minimum Gasteiger partial charge on any atom is -0.497 e. The molecule has 0 aliphatic carbocycles. The van der Waals surface area contributed by atoms with E-state index in [9.17, 15) is 9.59 Å². The van der Waals surface area contributed by atoms with Crippen molar-refractivity contribution in [3.05, 3.63) is 23.8 Å². The van der Waals surface area contributed by atoms with Crippen LogP contribution in [0.2, 0.25) is 0 Å². The zero-order valence-electron chi connectivity index (χ0n) is 19.4. The van der Waals surface area contributed by atoms with Gasteiger partial charge in [-0.15, -0.1) is 0 Å². The number of carbonyl (C=O) groups excluding carboxylic acids is 2. The molecule has 1 heterocycles. The van der Waals surface area contributed by atoms with E-state index in [4.69, 9.17) is 18.9 Å². The molecule has 1 unspecified atom stereocenters. The Kier molecular flexibility index (Phi) is 7.75. The zero-order chi connectivity index (χ0) is 22.6. The summed E-state index contributed by atoms with van der Waals surface area (Å²) in [6, 6.07) is 4.88. The van der Waals surface area contributed by atoms with Gasteiger partial charge >= 0.3 is 6.09 Å². The Balaban J connectivity index is 2.57. The lowest BCUT2D eigenvalue weighted by Crippen LogP contribution is -2.45. The summed E-state index contributed by atoms with van der Waals surface area (Å²) >= 11 is 0. The first-order chi connectivity index (χ1) is 14.0. The Labute approximate surface area is 179 Å². The lowest BCUT2D eigenvalue weighted by atomic mass is 9.95. The fraction of sp³-hybridized carbons (Fsp3) is 0.652. The topological polar surface area (TPSA) is 74.3 Å². The number of hydrogen-bond acceptors (Lipinski definition) is 6. The lowest BCUT2D eigenvalue weighted by Gasteiger charge is -2.32. The summed E-state index contributed by atoms with van der Waals surface area (Å²) in [5.74, 6) is 1.36. The van der Waals surface area contributed by atoms with Gasteiger partial charge in [0.05, 0.1) is 20.3 Å². The number of ether oxygens (including phenoxy) is 4. The van der Waals surface area contributed by atoms with Crippen molar-refractivity contribution < 1.29 is 28.5 Å². The average Bonchev–Trinajstić information content (AvgIpc) is 3.03. The van der Waals surface area contributed by atoms with Crippen molar-refractivity contribution in [1.29, 1.82) is 0 Å². The molecule has 1 aliphatic rings. The van der Waals surface area contributed by atoms with Crippen molar-refractivity contribution in [3.8, 4) is 11.5 Å². The van der Waals surface area contributed by atoms with E-state index in [0.29, 0.717) is 29.9 Å². The number of nitrogens with zero attached hydrogens (tertiary/aromatic N) is 1. The smallest absolute Gasteiger partial charge is 0.412 e. The van der Waals surface area contributed by atoms with E-state index in [2.05, 4.69) is 13.8 Å². The summed E-state index contributed by atoms with van der Waals surface area (Å²) < 4.78 is 22.8. The Morgan fingerprint density at radius 3 is 2.33 bits per heavy atom. The highest BCUT2D eigenvalue weighted by molar-refractivity contribution is 5.85. The van der Waals surface area contributed by atoms with Gasteiger partial charge in [-0.1, -0.05) is 20.8 Å². The summed E-state index contributed by atoms with van der Waals surface area (Å²) in [6.45, 7) is 11.4. The highest BCUT2D eigenvalue weighted by atomic mass is 16.6. The second-order valence-electron chi connectivity index (χ2n) is 8.92. The molecule has 30 heavy (non-hydrogen) atoms. The molecule has 7 nitrogen and oxygen atoms in total. The third kappa shape index (κ3) is 5.45. The molecule has 7 heteroatoms. The molecule has 1 aromatic rings. The summed E-state index contributed by atoms with van der Waals surface area (Å²) in [6.07, 6.45) is -1.09. The molecular formula is C23H35NO6. The number of methoxy groups -OCH3 is 2. The van der Waals surface area contributed by atoms with Crippen molar-refractivity contribution in [2.24, 2.45) is 5.92 Å². The second kappa shape index (κ2) is 9.69. The van der Waals surface area contributed by atoms with Gasteiger partial charge in [-0.25, -0.2) is 4.79 Å². The Bertz CT molecular complexity index is 755. The van der Waals surface area contributed by atoms with Gasteiger partial charge in [-0.2, -0.15) is 0 Å². The van der Waals surface area contributed by atoms with E-state index >= 15 is 0 Å². The third-order valence-electron chi connectivity index (χ3n) is 4.92. The van der Waals surface area contributed by atoms with Crippen LogP contribution < -0.4 is 9.47 Å². The molecule has 0 radical (unpaired) electrons. The monoisotopic (exact) mass is 421 g/mol. The van der Waals surface area contributed by atoms with E-state index in [0.717, 1.165) is 0 Å². The van der Waals surface area contributed by atoms with Gasteiger partial charge in [0.1, 0.15) is 23.2 Å². The van der Waals surface area contributed by atoms with Crippen molar-refractivity contribution in [2.75, 3.05) is 14.2 Å². The van der Waals surface area contributed by atoms with Gasteiger partial charge in [-0.05, 0) is 45.2 Å². The Morgan fingerprint density at radius 1 is 1.17 bits per heavy atom. The predicted molar refractivity (Wildman–Crippen MR) is 114 cm³/mol. The first kappa shape index (κ1) is 24.0. The summed E-state index contributed by atoms with van der Waals surface area (Å²) in [5, 5.41) is 0. The SMILES string of the molecule is CCC(=O)[C@@H]1OC(c2ccc(OC)cc2OC)N(C(=O)OC(C)(C)C)[C@H]1CC(C)C. The van der Waals surface area contributed by atoms with Crippen molar-refractivity contribution >= 4 is 11.9 Å². The molecule has 168 valence electrons. The third-order valence-corrected chi connectivity index (χ3v) is 4.92. The van der Waals surface area contributed by atoms with Crippen LogP contribution in [-0.2, 0) is 14.3 Å². The van der Waals surface area contributed by atoms with Crippen molar-refractivity contribution in [1.82, 2.24) is 4.90 Å². The molecular weight excluding hydrogens is 386 g/mol. The fourth-order valence-corrected chi connectivity index (χ4v) is 3.62. The van der Waals surface area contributed by atoms with Crippen LogP contribution in [0.5, 0.6) is 11.5 Å². The van der Waals surface area contributed by atoms with Crippen LogP contribution in [0.25, 0.3) is 0 Å². The highest BCUT2D eigenvalue weighted by Crippen LogP contribution is 2.43. The Hall–Kier alpha value is -2.28. The summed E-state index contributed by atoms with van der Waals surface area (Å²) in [5.41, 5.74) is -0.0368. The second-order valence-corrected chi connectivity index (χ2v) is 8.92. The van der Waals surface area contributed by atoms with E-state index in [-0.39, 0.29) is 11.7 Å².